The summed E-state index contributed by atoms with van der Waals surface area (Å²) < 4.78 is 33.9. The molecular weight excluding hydrogens is 442 g/mol. The predicted molar refractivity (Wildman–Crippen MR) is 123 cm³/mol. The Morgan fingerprint density at radius 3 is 2.39 bits per heavy atom. The van der Waals surface area contributed by atoms with Crippen molar-refractivity contribution in [1.82, 2.24) is 24.2 Å². The standard InChI is InChI=1S/C23H25N5O4S/c1-32-21-8-10-22(11-9-21)33(30,31)28-15-13-26(14-16-28)23(29)12-7-20-18-27(25-24-20)17-19-5-3-2-4-6-19/h2-12,18H,13-17H2,1H3/b12-7+. The van der Waals surface area contributed by atoms with Crippen molar-refractivity contribution in [2.75, 3.05) is 33.3 Å². The Hall–Kier alpha value is -3.50. The Morgan fingerprint density at radius 2 is 1.73 bits per heavy atom. The Labute approximate surface area is 192 Å². The maximum atomic E-state index is 12.9. The first kappa shape index (κ1) is 22.7. The average molecular weight is 468 g/mol. The van der Waals surface area contributed by atoms with E-state index >= 15 is 0 Å². The highest BCUT2D eigenvalue weighted by molar-refractivity contribution is 7.89. The second-order valence-electron chi connectivity index (χ2n) is 7.56. The third kappa shape index (κ3) is 5.47. The number of benzene rings is 2. The highest BCUT2D eigenvalue weighted by atomic mass is 32.2. The van der Waals surface area contributed by atoms with Gasteiger partial charge in [-0.05, 0) is 35.9 Å². The molecule has 0 saturated carbocycles. The second-order valence-corrected chi connectivity index (χ2v) is 9.50. The third-order valence-corrected chi connectivity index (χ3v) is 7.30. The van der Waals surface area contributed by atoms with Crippen LogP contribution in [0.15, 0.2) is 71.8 Å². The molecule has 0 unspecified atom stereocenters. The van der Waals surface area contributed by atoms with Crippen LogP contribution < -0.4 is 4.74 Å². The Kier molecular flexibility index (Phi) is 6.85. The van der Waals surface area contributed by atoms with E-state index in [2.05, 4.69) is 10.3 Å². The van der Waals surface area contributed by atoms with E-state index < -0.39 is 10.0 Å². The van der Waals surface area contributed by atoms with Crippen LogP contribution in [-0.2, 0) is 21.4 Å². The van der Waals surface area contributed by atoms with Gasteiger partial charge in [-0.3, -0.25) is 4.79 Å². The van der Waals surface area contributed by atoms with Gasteiger partial charge in [0.2, 0.25) is 15.9 Å². The molecule has 4 rings (SSSR count). The molecule has 0 atom stereocenters. The number of sulfonamides is 1. The highest BCUT2D eigenvalue weighted by Crippen LogP contribution is 2.20. The van der Waals surface area contributed by atoms with Crippen LogP contribution >= 0.6 is 0 Å². The second kappa shape index (κ2) is 9.97. The molecule has 0 radical (unpaired) electrons. The fourth-order valence-electron chi connectivity index (χ4n) is 3.55. The molecule has 0 spiro atoms. The summed E-state index contributed by atoms with van der Waals surface area (Å²) in [6.45, 7) is 1.71. The molecule has 2 aromatic carbocycles. The van der Waals surface area contributed by atoms with Gasteiger partial charge in [0.25, 0.3) is 0 Å². The van der Waals surface area contributed by atoms with Gasteiger partial charge in [-0.25, -0.2) is 13.1 Å². The van der Waals surface area contributed by atoms with Gasteiger partial charge in [0.05, 0.1) is 24.7 Å². The lowest BCUT2D eigenvalue weighted by Gasteiger charge is -2.33. The zero-order chi connectivity index (χ0) is 23.3. The maximum Gasteiger partial charge on any atom is 0.246 e. The van der Waals surface area contributed by atoms with Gasteiger partial charge in [0.15, 0.2) is 0 Å². The minimum Gasteiger partial charge on any atom is -0.497 e. The van der Waals surface area contributed by atoms with Gasteiger partial charge in [-0.15, -0.1) is 5.10 Å². The molecule has 172 valence electrons. The molecule has 3 aromatic rings. The van der Waals surface area contributed by atoms with E-state index in [4.69, 9.17) is 4.74 Å². The molecule has 1 amide bonds. The maximum absolute atomic E-state index is 12.9. The van der Waals surface area contributed by atoms with Crippen molar-refractivity contribution in [2.45, 2.75) is 11.4 Å². The van der Waals surface area contributed by atoms with Crippen molar-refractivity contribution in [2.24, 2.45) is 0 Å². The zero-order valence-corrected chi connectivity index (χ0v) is 19.1. The molecule has 9 nitrogen and oxygen atoms in total. The molecule has 1 aromatic heterocycles. The van der Waals surface area contributed by atoms with E-state index in [9.17, 15) is 13.2 Å². The summed E-state index contributed by atoms with van der Waals surface area (Å²) in [4.78, 5) is 14.4. The van der Waals surface area contributed by atoms with Gasteiger partial charge in [0, 0.05) is 32.3 Å². The molecule has 1 fully saturated rings. The van der Waals surface area contributed by atoms with Gasteiger partial charge in [-0.2, -0.15) is 4.31 Å². The number of nitrogens with zero attached hydrogens (tertiary/aromatic N) is 5. The SMILES string of the molecule is COc1ccc(S(=O)(=O)N2CCN(C(=O)/C=C/c3cn(Cc4ccccc4)nn3)CC2)cc1. The number of methoxy groups -OCH3 is 1. The highest BCUT2D eigenvalue weighted by Gasteiger charge is 2.29. The number of aromatic nitrogens is 3. The van der Waals surface area contributed by atoms with Gasteiger partial charge in [0.1, 0.15) is 11.4 Å². The Balaban J connectivity index is 1.31. The monoisotopic (exact) mass is 467 g/mol. The lowest BCUT2D eigenvalue weighted by molar-refractivity contribution is -0.127. The molecule has 1 aliphatic heterocycles. The minimum atomic E-state index is -3.61. The number of hydrogen-bond donors (Lipinski definition) is 0. The van der Waals surface area contributed by atoms with E-state index in [0.29, 0.717) is 31.1 Å². The number of carbonyl (C=O) groups excluding carboxylic acids is 1. The number of rotatable bonds is 7. The fraction of sp³-hybridized carbons (Fsp3) is 0.261. The van der Waals surface area contributed by atoms with Crippen LogP contribution in [0.1, 0.15) is 11.3 Å². The van der Waals surface area contributed by atoms with Crippen LogP contribution in [0.2, 0.25) is 0 Å². The van der Waals surface area contributed by atoms with Crippen molar-refractivity contribution in [1.29, 1.82) is 0 Å². The lowest BCUT2D eigenvalue weighted by Crippen LogP contribution is -2.50. The van der Waals surface area contributed by atoms with E-state index in [-0.39, 0.29) is 23.9 Å². The first-order valence-electron chi connectivity index (χ1n) is 10.5. The Bertz CT molecular complexity index is 1220. The number of carbonyl (C=O) groups is 1. The number of ether oxygens (including phenoxy) is 1. The van der Waals surface area contributed by atoms with Crippen LogP contribution in [0.5, 0.6) is 5.75 Å². The quantitative estimate of drug-likeness (QED) is 0.492. The molecule has 2 heterocycles. The number of piperazine rings is 1. The summed E-state index contributed by atoms with van der Waals surface area (Å²) in [7, 11) is -2.08. The molecule has 1 saturated heterocycles. The predicted octanol–water partition coefficient (Wildman–Crippen LogP) is 1.88. The number of amides is 1. The van der Waals surface area contributed by atoms with Crippen molar-refractivity contribution < 1.29 is 17.9 Å². The van der Waals surface area contributed by atoms with E-state index in [1.165, 1.54) is 29.6 Å². The average Bonchev–Trinajstić information content (AvgIpc) is 3.30. The van der Waals surface area contributed by atoms with Crippen LogP contribution in [-0.4, -0.2) is 71.8 Å². The molecule has 0 N–H and O–H groups in total. The van der Waals surface area contributed by atoms with E-state index in [1.54, 1.807) is 34.0 Å². The van der Waals surface area contributed by atoms with Crippen molar-refractivity contribution in [3.63, 3.8) is 0 Å². The number of hydrogen-bond acceptors (Lipinski definition) is 6. The molecule has 0 bridgehead atoms. The van der Waals surface area contributed by atoms with Gasteiger partial charge in [-0.1, -0.05) is 35.5 Å². The van der Waals surface area contributed by atoms with Crippen LogP contribution in [0, 0.1) is 0 Å². The van der Waals surface area contributed by atoms with E-state index in [0.717, 1.165) is 5.56 Å². The lowest BCUT2D eigenvalue weighted by atomic mass is 10.2. The van der Waals surface area contributed by atoms with Gasteiger partial charge < -0.3 is 9.64 Å². The molecular formula is C23H25N5O4S. The minimum absolute atomic E-state index is 0.186. The molecule has 1 aliphatic rings. The third-order valence-electron chi connectivity index (χ3n) is 5.39. The summed E-state index contributed by atoms with van der Waals surface area (Å²) in [5, 5.41) is 8.17. The van der Waals surface area contributed by atoms with Crippen molar-refractivity contribution in [3.05, 3.63) is 78.1 Å². The molecule has 10 heteroatoms. The summed E-state index contributed by atoms with van der Waals surface area (Å²) >= 11 is 0. The van der Waals surface area contributed by atoms with Gasteiger partial charge >= 0.3 is 0 Å². The van der Waals surface area contributed by atoms with Crippen molar-refractivity contribution in [3.8, 4) is 5.75 Å². The summed E-state index contributed by atoms with van der Waals surface area (Å²) in [5.74, 6) is 0.408. The van der Waals surface area contributed by atoms with Crippen molar-refractivity contribution >= 4 is 22.0 Å². The summed E-state index contributed by atoms with van der Waals surface area (Å²) in [5.41, 5.74) is 1.69. The van der Waals surface area contributed by atoms with E-state index in [1.807, 2.05) is 30.3 Å². The molecule has 0 aliphatic carbocycles. The zero-order valence-electron chi connectivity index (χ0n) is 18.2. The summed E-state index contributed by atoms with van der Waals surface area (Å²) in [6.07, 6.45) is 4.85. The van der Waals surface area contributed by atoms with Crippen LogP contribution in [0.25, 0.3) is 6.08 Å². The normalized spacial score (nSPS) is 15.1. The fourth-order valence-corrected chi connectivity index (χ4v) is 4.97. The van der Waals surface area contributed by atoms with Crippen LogP contribution in [0.3, 0.4) is 0 Å². The topological polar surface area (TPSA) is 97.6 Å². The smallest absolute Gasteiger partial charge is 0.246 e. The molecule has 33 heavy (non-hydrogen) atoms. The van der Waals surface area contributed by atoms with Crippen LogP contribution in [0.4, 0.5) is 0 Å². The first-order chi connectivity index (χ1) is 16.0. The first-order valence-corrected chi connectivity index (χ1v) is 11.9. The Morgan fingerprint density at radius 1 is 1.03 bits per heavy atom. The summed E-state index contributed by atoms with van der Waals surface area (Å²) in [6, 6.07) is 16.2. The largest absolute Gasteiger partial charge is 0.497 e.